The zero-order chi connectivity index (χ0) is 7.56. The third-order valence-corrected chi connectivity index (χ3v) is 1.20. The maximum atomic E-state index is 10.6. The van der Waals surface area contributed by atoms with Crippen molar-refractivity contribution in [3.8, 4) is 0 Å². The number of aliphatic hydroxyl groups excluding tert-OH is 1. The molecule has 0 saturated heterocycles. The van der Waals surface area contributed by atoms with Gasteiger partial charge in [-0.2, -0.15) is 0 Å². The first-order valence-corrected chi connectivity index (χ1v) is 2.85. The van der Waals surface area contributed by atoms with Gasteiger partial charge in [-0.1, -0.05) is 0 Å². The van der Waals surface area contributed by atoms with Crippen molar-refractivity contribution in [2.24, 2.45) is 0 Å². The van der Waals surface area contributed by atoms with E-state index in [0.29, 0.717) is 0 Å². The molecule has 0 aliphatic carbocycles. The Kier molecular flexibility index (Phi) is 1.91. The predicted molar refractivity (Wildman–Crippen MR) is 32.1 cm³/mol. The summed E-state index contributed by atoms with van der Waals surface area (Å²) >= 11 is 0. The Morgan fingerprint density at radius 1 is 1.90 bits per heavy atom. The van der Waals surface area contributed by atoms with Crippen molar-refractivity contribution in [3.63, 3.8) is 0 Å². The zero-order valence-electron chi connectivity index (χ0n) is 5.53. The minimum Gasteiger partial charge on any atom is -0.490 e. The van der Waals surface area contributed by atoms with Crippen LogP contribution in [0.15, 0.2) is 11.8 Å². The van der Waals surface area contributed by atoms with Crippen LogP contribution in [0.1, 0.15) is 0 Å². The molecule has 1 N–H and O–H groups in total. The van der Waals surface area contributed by atoms with Gasteiger partial charge in [0.1, 0.15) is 6.10 Å². The van der Waals surface area contributed by atoms with Gasteiger partial charge in [0.15, 0.2) is 0 Å². The van der Waals surface area contributed by atoms with Crippen LogP contribution in [0.3, 0.4) is 0 Å². The molecule has 1 heterocycles. The summed E-state index contributed by atoms with van der Waals surface area (Å²) < 4.78 is 9.24. The molecule has 1 atom stereocenters. The van der Waals surface area contributed by atoms with Crippen molar-refractivity contribution in [3.05, 3.63) is 11.8 Å². The number of carbonyl (C=O) groups excluding carboxylic acids is 1. The smallest absolute Gasteiger partial charge is 0.374 e. The summed E-state index contributed by atoms with van der Waals surface area (Å²) in [6.07, 6.45) is 0.921. The fourth-order valence-electron chi connectivity index (χ4n) is 0.708. The molecule has 0 aromatic rings. The van der Waals surface area contributed by atoms with E-state index >= 15 is 0 Å². The third-order valence-electron chi connectivity index (χ3n) is 1.20. The summed E-state index contributed by atoms with van der Waals surface area (Å²) in [6, 6.07) is 0. The zero-order valence-corrected chi connectivity index (χ0v) is 5.53. The summed E-state index contributed by atoms with van der Waals surface area (Å²) in [5.41, 5.74) is 0. The topological polar surface area (TPSA) is 55.8 Å². The van der Waals surface area contributed by atoms with Crippen LogP contribution in [0.4, 0.5) is 0 Å². The average molecular weight is 144 g/mol. The lowest BCUT2D eigenvalue weighted by Gasteiger charge is -2.00. The van der Waals surface area contributed by atoms with E-state index < -0.39 is 12.1 Å². The standard InChI is InChI=1S/C6H8O4/c1-9-5-2-4(3-7)10-6(5)8/h2,4,7H,3H2,1H3. The van der Waals surface area contributed by atoms with E-state index in [9.17, 15) is 4.79 Å². The monoisotopic (exact) mass is 144 g/mol. The molecule has 0 fully saturated rings. The number of hydrogen-bond acceptors (Lipinski definition) is 4. The summed E-state index contributed by atoms with van der Waals surface area (Å²) in [4.78, 5) is 10.6. The van der Waals surface area contributed by atoms with Gasteiger partial charge < -0.3 is 14.6 Å². The second-order valence-electron chi connectivity index (χ2n) is 1.86. The highest BCUT2D eigenvalue weighted by molar-refractivity contribution is 5.88. The molecule has 0 spiro atoms. The molecule has 1 aliphatic rings. The number of ether oxygens (including phenoxy) is 2. The number of carbonyl (C=O) groups is 1. The third kappa shape index (κ3) is 1.11. The van der Waals surface area contributed by atoms with Gasteiger partial charge in [-0.05, 0) is 0 Å². The van der Waals surface area contributed by atoms with Crippen molar-refractivity contribution in [2.45, 2.75) is 6.10 Å². The van der Waals surface area contributed by atoms with Gasteiger partial charge in [0.2, 0.25) is 5.76 Å². The van der Waals surface area contributed by atoms with E-state index in [-0.39, 0.29) is 12.4 Å². The Labute approximate surface area is 58.1 Å². The normalized spacial score (nSPS) is 24.0. The van der Waals surface area contributed by atoms with Gasteiger partial charge in [0, 0.05) is 6.08 Å². The first-order chi connectivity index (χ1) is 4.77. The van der Waals surface area contributed by atoms with E-state index in [0.717, 1.165) is 0 Å². The molecule has 0 aromatic heterocycles. The van der Waals surface area contributed by atoms with Gasteiger partial charge in [0.25, 0.3) is 0 Å². The first kappa shape index (κ1) is 7.08. The van der Waals surface area contributed by atoms with Crippen LogP contribution in [0, 0.1) is 0 Å². The first-order valence-electron chi connectivity index (χ1n) is 2.85. The Hall–Kier alpha value is -1.03. The summed E-state index contributed by atoms with van der Waals surface area (Å²) in [7, 11) is 1.38. The summed E-state index contributed by atoms with van der Waals surface area (Å²) in [6.45, 7) is -0.196. The van der Waals surface area contributed by atoms with E-state index in [4.69, 9.17) is 5.11 Å². The molecule has 56 valence electrons. The SMILES string of the molecule is COC1=CC(CO)OC1=O. The highest BCUT2D eigenvalue weighted by Gasteiger charge is 2.25. The maximum Gasteiger partial charge on any atom is 0.374 e. The minimum absolute atomic E-state index is 0.166. The van der Waals surface area contributed by atoms with Gasteiger partial charge in [-0.25, -0.2) is 4.79 Å². The maximum absolute atomic E-state index is 10.6. The number of rotatable bonds is 2. The number of methoxy groups -OCH3 is 1. The lowest BCUT2D eigenvalue weighted by atomic mass is 10.3. The van der Waals surface area contributed by atoms with Crippen molar-refractivity contribution < 1.29 is 19.4 Å². The van der Waals surface area contributed by atoms with E-state index in [1.54, 1.807) is 0 Å². The largest absolute Gasteiger partial charge is 0.490 e. The number of aliphatic hydroxyl groups is 1. The fraction of sp³-hybridized carbons (Fsp3) is 0.500. The van der Waals surface area contributed by atoms with Crippen LogP contribution in [-0.2, 0) is 14.3 Å². The number of esters is 1. The van der Waals surface area contributed by atoms with Gasteiger partial charge in [-0.15, -0.1) is 0 Å². The van der Waals surface area contributed by atoms with Crippen LogP contribution < -0.4 is 0 Å². The molecule has 0 amide bonds. The molecule has 1 aliphatic heterocycles. The highest BCUT2D eigenvalue weighted by atomic mass is 16.6. The molecule has 1 unspecified atom stereocenters. The summed E-state index contributed by atoms with van der Waals surface area (Å²) in [5, 5.41) is 8.52. The quantitative estimate of drug-likeness (QED) is 0.527. The molecule has 0 aromatic carbocycles. The molecular weight excluding hydrogens is 136 g/mol. The van der Waals surface area contributed by atoms with Crippen molar-refractivity contribution in [2.75, 3.05) is 13.7 Å². The van der Waals surface area contributed by atoms with Crippen molar-refractivity contribution in [1.82, 2.24) is 0 Å². The van der Waals surface area contributed by atoms with Crippen LogP contribution in [0.25, 0.3) is 0 Å². The fourth-order valence-corrected chi connectivity index (χ4v) is 0.708. The molecule has 4 nitrogen and oxygen atoms in total. The molecule has 0 saturated carbocycles. The highest BCUT2D eigenvalue weighted by Crippen LogP contribution is 2.12. The second kappa shape index (κ2) is 2.70. The van der Waals surface area contributed by atoms with Crippen LogP contribution in [-0.4, -0.2) is 30.9 Å². The molecule has 0 bridgehead atoms. The van der Waals surface area contributed by atoms with Crippen LogP contribution in [0.2, 0.25) is 0 Å². The Morgan fingerprint density at radius 2 is 2.60 bits per heavy atom. The van der Waals surface area contributed by atoms with E-state index in [1.165, 1.54) is 13.2 Å². The van der Waals surface area contributed by atoms with Crippen molar-refractivity contribution in [1.29, 1.82) is 0 Å². The summed E-state index contributed by atoms with van der Waals surface area (Å²) in [5.74, 6) is -0.347. The van der Waals surface area contributed by atoms with Crippen LogP contribution in [0.5, 0.6) is 0 Å². The van der Waals surface area contributed by atoms with E-state index in [2.05, 4.69) is 9.47 Å². The van der Waals surface area contributed by atoms with Crippen molar-refractivity contribution >= 4 is 5.97 Å². The molecule has 10 heavy (non-hydrogen) atoms. The van der Waals surface area contributed by atoms with Gasteiger partial charge in [-0.3, -0.25) is 0 Å². The van der Waals surface area contributed by atoms with Gasteiger partial charge in [0.05, 0.1) is 13.7 Å². The molecule has 4 heteroatoms. The molecule has 1 rings (SSSR count). The van der Waals surface area contributed by atoms with Gasteiger partial charge >= 0.3 is 5.97 Å². The average Bonchev–Trinajstić information content (AvgIpc) is 2.30. The Bertz CT molecular complexity index is 173. The lowest BCUT2D eigenvalue weighted by molar-refractivity contribution is -0.143. The van der Waals surface area contributed by atoms with Crippen LogP contribution >= 0.6 is 0 Å². The second-order valence-corrected chi connectivity index (χ2v) is 1.86. The molecular formula is C6H8O4. The Morgan fingerprint density at radius 3 is 2.90 bits per heavy atom. The number of cyclic esters (lactones) is 1. The number of hydrogen-bond donors (Lipinski definition) is 1. The Balaban J connectivity index is 2.63. The minimum atomic E-state index is -0.526. The lowest BCUT2D eigenvalue weighted by Crippen LogP contribution is -2.12. The molecule has 0 radical (unpaired) electrons. The predicted octanol–water partition coefficient (Wildman–Crippen LogP) is -0.566. The van der Waals surface area contributed by atoms with E-state index in [1.807, 2.05) is 0 Å².